The number of ether oxygens (including phenoxy) is 2. The minimum absolute atomic E-state index is 0.121. The van der Waals surface area contributed by atoms with Crippen LogP contribution in [0.15, 0.2) is 88.6 Å². The molecule has 2 amide bonds. The Morgan fingerprint density at radius 1 is 0.907 bits per heavy atom. The highest BCUT2D eigenvalue weighted by atomic mass is 79.9. The minimum atomic E-state index is -3.74. The van der Waals surface area contributed by atoms with Crippen LogP contribution in [0.25, 0.3) is 0 Å². The molecule has 23 heteroatoms. The molecule has 4 heterocycles. The van der Waals surface area contributed by atoms with Crippen LogP contribution in [0.2, 0.25) is 5.02 Å². The number of halogens is 3. The number of piperidine rings is 1. The van der Waals surface area contributed by atoms with E-state index in [0.29, 0.717) is 57.6 Å². The number of primary amides is 1. The highest BCUT2D eigenvalue weighted by Gasteiger charge is 2.64. The van der Waals surface area contributed by atoms with Crippen LogP contribution in [0.5, 0.6) is 5.75 Å². The molecule has 2 saturated heterocycles. The van der Waals surface area contributed by atoms with Crippen LogP contribution >= 0.6 is 27.5 Å². The highest BCUT2D eigenvalue weighted by Crippen LogP contribution is 2.55. The molecule has 3 aromatic carbocycles. The van der Waals surface area contributed by atoms with Crippen molar-refractivity contribution in [3.8, 4) is 11.8 Å². The molecule has 0 atom stereocenters. The molecule has 2 aliphatic heterocycles. The number of sulfonamides is 1. The van der Waals surface area contributed by atoms with Crippen molar-refractivity contribution in [2.24, 2.45) is 16.6 Å². The minimum Gasteiger partial charge on any atom is -0.489 e. The summed E-state index contributed by atoms with van der Waals surface area (Å²) in [5.74, 6) is -0.357. The van der Waals surface area contributed by atoms with Crippen molar-refractivity contribution in [1.29, 1.82) is 5.26 Å². The van der Waals surface area contributed by atoms with Crippen molar-refractivity contribution in [1.82, 2.24) is 39.8 Å². The number of carbonyl (C=O) groups is 2. The van der Waals surface area contributed by atoms with E-state index in [1.165, 1.54) is 30.5 Å². The summed E-state index contributed by atoms with van der Waals surface area (Å²) in [4.78, 5) is 50.1. The van der Waals surface area contributed by atoms with Crippen molar-refractivity contribution in [2.45, 2.75) is 76.5 Å². The Morgan fingerprint density at radius 3 is 2.21 bits per heavy atom. The molecular formula is C52H62BrClFN13O6S. The summed E-state index contributed by atoms with van der Waals surface area (Å²) in [5.41, 5.74) is 5.73. The number of nitriles is 1. The van der Waals surface area contributed by atoms with E-state index in [-0.39, 0.29) is 52.1 Å². The van der Waals surface area contributed by atoms with Gasteiger partial charge in [0.05, 0.1) is 42.9 Å². The lowest BCUT2D eigenvalue weighted by molar-refractivity contribution is -0.164. The van der Waals surface area contributed by atoms with E-state index in [0.717, 1.165) is 77.7 Å². The quantitative estimate of drug-likeness (QED) is 0.0454. The fourth-order valence-electron chi connectivity index (χ4n) is 10.4. The summed E-state index contributed by atoms with van der Waals surface area (Å²) in [6, 6.07) is 17.2. The first kappa shape index (κ1) is 55.2. The second-order valence-electron chi connectivity index (χ2n) is 20.1. The van der Waals surface area contributed by atoms with Crippen LogP contribution in [0.3, 0.4) is 0 Å². The molecule has 0 radical (unpaired) electrons. The van der Waals surface area contributed by atoms with E-state index in [2.05, 4.69) is 105 Å². The number of nitrogens with one attached hydrogen (secondary N) is 4. The number of hydrogen-bond acceptors (Lipinski definition) is 16. The van der Waals surface area contributed by atoms with Crippen LogP contribution in [0, 0.1) is 28.0 Å². The van der Waals surface area contributed by atoms with Gasteiger partial charge in [-0.05, 0) is 96.7 Å². The number of carbonyl (C=O) groups excluding carboxylic acids is 2. The number of anilines is 5. The van der Waals surface area contributed by atoms with Gasteiger partial charge in [-0.25, -0.2) is 32.5 Å². The van der Waals surface area contributed by atoms with Crippen LogP contribution in [-0.4, -0.2) is 134 Å². The maximum atomic E-state index is 14.3. The summed E-state index contributed by atoms with van der Waals surface area (Å²) in [6.07, 6.45) is 7.94. The average molecular weight is 1130 g/mol. The molecule has 0 spiro atoms. The van der Waals surface area contributed by atoms with Crippen molar-refractivity contribution < 1.29 is 31.9 Å². The third-order valence-corrected chi connectivity index (χ3v) is 16.5. The van der Waals surface area contributed by atoms with E-state index in [1.54, 1.807) is 42.7 Å². The number of nitrogens with two attached hydrogens (primary N) is 1. The second kappa shape index (κ2) is 23.9. The smallest absolute Gasteiger partial charge is 0.254 e. The molecule has 1 saturated carbocycles. The van der Waals surface area contributed by atoms with E-state index < -0.39 is 32.6 Å². The van der Waals surface area contributed by atoms with E-state index >= 15 is 0 Å². The highest BCUT2D eigenvalue weighted by molar-refractivity contribution is 9.10. The Bertz CT molecular complexity index is 2970. The Morgan fingerprint density at radius 2 is 1.57 bits per heavy atom. The average Bonchev–Trinajstić information content (AvgIpc) is 3.42. The van der Waals surface area contributed by atoms with Crippen molar-refractivity contribution in [3.63, 3.8) is 0 Å². The molecule has 398 valence electrons. The van der Waals surface area contributed by atoms with Gasteiger partial charge in [-0.3, -0.25) is 9.59 Å². The molecule has 0 bridgehead atoms. The molecule has 0 unspecified atom stereocenters. The van der Waals surface area contributed by atoms with E-state index in [1.807, 2.05) is 0 Å². The summed E-state index contributed by atoms with van der Waals surface area (Å²) in [6.45, 7) is 16.2. The first-order chi connectivity index (χ1) is 35.8. The molecule has 3 aliphatic rings. The van der Waals surface area contributed by atoms with Gasteiger partial charge in [0, 0.05) is 106 Å². The maximum absolute atomic E-state index is 14.3. The molecule has 3 fully saturated rings. The fraction of sp³-hybridized carbons (Fsp3) is 0.442. The molecule has 2 aromatic heterocycles. The van der Waals surface area contributed by atoms with Gasteiger partial charge in [0.2, 0.25) is 21.9 Å². The van der Waals surface area contributed by atoms with Crippen LogP contribution in [0.1, 0.15) is 79.7 Å². The normalized spacial score (nSPS) is 18.9. The molecule has 1 aliphatic carbocycles. The molecule has 75 heavy (non-hydrogen) atoms. The molecule has 8 rings (SSSR count). The first-order valence-corrected chi connectivity index (χ1v) is 27.5. The lowest BCUT2D eigenvalue weighted by Crippen LogP contribution is -2.74. The third kappa shape index (κ3) is 13.3. The van der Waals surface area contributed by atoms with Gasteiger partial charge in [0.1, 0.15) is 29.6 Å². The van der Waals surface area contributed by atoms with Gasteiger partial charge in [-0.15, -0.1) is 0 Å². The number of nitrogens with zero attached hydrogens (tertiary/aromatic N) is 8. The third-order valence-electron chi connectivity index (χ3n) is 14.1. The van der Waals surface area contributed by atoms with Gasteiger partial charge in [0.25, 0.3) is 11.8 Å². The summed E-state index contributed by atoms with van der Waals surface area (Å²) >= 11 is 9.61. The summed E-state index contributed by atoms with van der Waals surface area (Å²) in [5, 5.41) is 18.7. The predicted molar refractivity (Wildman–Crippen MR) is 288 cm³/mol. The van der Waals surface area contributed by atoms with Crippen LogP contribution < -0.4 is 36.0 Å². The monoisotopic (exact) mass is 1130 g/mol. The van der Waals surface area contributed by atoms with Gasteiger partial charge in [-0.2, -0.15) is 10.2 Å². The number of rotatable bonds is 21. The second-order valence-corrected chi connectivity index (χ2v) is 23.1. The van der Waals surface area contributed by atoms with E-state index in [9.17, 15) is 27.7 Å². The summed E-state index contributed by atoms with van der Waals surface area (Å²) in [7, 11) is -3.74. The first-order valence-electron chi connectivity index (χ1n) is 24.9. The Labute approximate surface area is 450 Å². The maximum Gasteiger partial charge on any atom is 0.254 e. The Balaban J connectivity index is 0.679. The van der Waals surface area contributed by atoms with Gasteiger partial charge < -0.3 is 45.9 Å². The SMILES string of the molecule is CC1(C)C(NC(=O)c2cnc(N3CCC(OCCCN4CCN(CCCNS(=O)(=O)c5ccc(Nc6ncc(Br)c(Nc7cccc(F)c7C(N)=O)n6)cc5)CC4)CC3)nc2)C(C)(C)C1Oc1ccc(C#N)c(Cl)c1. The number of aromatic nitrogens is 4. The zero-order chi connectivity index (χ0) is 53.5. The Hall–Kier alpha value is -6.06. The standard InChI is InChI=1S/C52H62BrClFN13O6S/c1-51(2)47(52(3,4)48(51)74-37-13-10-33(29-56)40(54)28-37)65-46(70)34-30-59-50(60-31-34)68-21-16-36(17-22-68)73-27-7-20-67-25-23-66(24-26-67)19-6-18-61-75(71,72)38-14-11-35(12-15-38)62-49-58-32-39(53)45(64-49)63-42-9-5-8-41(55)43(42)44(57)69/h5,8-15,28,30-32,36,47-48,61H,6-7,16-27H2,1-4H3,(H2,57,69)(H,65,70)(H2,58,62,63,64). The zero-order valence-corrected chi connectivity index (χ0v) is 45.4. The van der Waals surface area contributed by atoms with Gasteiger partial charge in [0.15, 0.2) is 0 Å². The van der Waals surface area contributed by atoms with Gasteiger partial charge in [-0.1, -0.05) is 45.4 Å². The zero-order valence-electron chi connectivity index (χ0n) is 42.3. The molecule has 5 aromatic rings. The number of amides is 2. The fourth-order valence-corrected chi connectivity index (χ4v) is 11.9. The Kier molecular flexibility index (Phi) is 17.6. The van der Waals surface area contributed by atoms with Crippen LogP contribution in [0.4, 0.5) is 33.5 Å². The largest absolute Gasteiger partial charge is 0.489 e. The number of hydrogen-bond donors (Lipinski definition) is 5. The lowest BCUT2D eigenvalue weighted by atomic mass is 9.49. The van der Waals surface area contributed by atoms with Crippen molar-refractivity contribution >= 4 is 78.5 Å². The molecular weight excluding hydrogens is 1070 g/mol. The number of benzene rings is 3. The van der Waals surface area contributed by atoms with E-state index in [4.69, 9.17) is 26.8 Å². The molecule has 6 N–H and O–H groups in total. The van der Waals surface area contributed by atoms with Gasteiger partial charge >= 0.3 is 0 Å². The molecule has 19 nitrogen and oxygen atoms in total. The number of piperazine rings is 1. The van der Waals surface area contributed by atoms with Crippen molar-refractivity contribution in [2.75, 3.05) is 81.0 Å². The predicted octanol–water partition coefficient (Wildman–Crippen LogP) is 7.25. The lowest BCUT2D eigenvalue weighted by Gasteiger charge is -2.63. The topological polar surface area (TPSA) is 246 Å². The van der Waals surface area contributed by atoms with Crippen LogP contribution in [-0.2, 0) is 14.8 Å². The summed E-state index contributed by atoms with van der Waals surface area (Å²) < 4.78 is 56.3. The van der Waals surface area contributed by atoms with Crippen molar-refractivity contribution in [3.05, 3.63) is 111 Å².